The van der Waals surface area contributed by atoms with Crippen molar-refractivity contribution in [3.63, 3.8) is 0 Å². The van der Waals surface area contributed by atoms with Crippen LogP contribution in [0.15, 0.2) is 24.3 Å². The number of phenols is 1. The van der Waals surface area contributed by atoms with Crippen molar-refractivity contribution in [2.24, 2.45) is 11.1 Å². The second kappa shape index (κ2) is 4.92. The predicted molar refractivity (Wildman–Crippen MR) is 67.0 cm³/mol. The molecule has 1 aromatic rings. The molecule has 1 aliphatic rings. The van der Waals surface area contributed by atoms with Gasteiger partial charge in [-0.3, -0.25) is 4.39 Å². The lowest BCUT2D eigenvalue weighted by Gasteiger charge is -2.40. The van der Waals surface area contributed by atoms with Gasteiger partial charge in [0.1, 0.15) is 5.75 Å². The minimum Gasteiger partial charge on any atom is -0.508 e. The molecular formula is C13H19FN2O. The van der Waals surface area contributed by atoms with Crippen LogP contribution >= 0.6 is 0 Å². The first-order valence-corrected chi connectivity index (χ1v) is 5.99. The van der Waals surface area contributed by atoms with Crippen molar-refractivity contribution in [2.75, 3.05) is 31.2 Å². The van der Waals surface area contributed by atoms with E-state index in [0.29, 0.717) is 6.54 Å². The summed E-state index contributed by atoms with van der Waals surface area (Å²) in [5.74, 6) is 0.267. The molecule has 94 valence electrons. The number of nitrogens with zero attached hydrogens (tertiary/aromatic N) is 1. The highest BCUT2D eigenvalue weighted by atomic mass is 19.1. The predicted octanol–water partition coefficient (Wildman–Crippen LogP) is 1.91. The molecule has 0 aromatic heterocycles. The van der Waals surface area contributed by atoms with Crippen molar-refractivity contribution < 1.29 is 9.50 Å². The molecule has 4 heteroatoms. The van der Waals surface area contributed by atoms with Gasteiger partial charge in [0.25, 0.3) is 0 Å². The average Bonchev–Trinajstić information content (AvgIpc) is 2.39. The van der Waals surface area contributed by atoms with Crippen molar-refractivity contribution in [1.82, 2.24) is 0 Å². The zero-order valence-electron chi connectivity index (χ0n) is 9.90. The number of anilines is 1. The quantitative estimate of drug-likeness (QED) is 0.845. The van der Waals surface area contributed by atoms with Crippen molar-refractivity contribution >= 4 is 5.69 Å². The van der Waals surface area contributed by atoms with Gasteiger partial charge >= 0.3 is 0 Å². The molecule has 1 saturated heterocycles. The SMILES string of the molecule is NCC1(CF)CCN(c2cccc(O)c2)CC1. The van der Waals surface area contributed by atoms with Crippen LogP contribution in [0.25, 0.3) is 0 Å². The molecule has 1 fully saturated rings. The van der Waals surface area contributed by atoms with E-state index in [9.17, 15) is 9.50 Å². The lowest BCUT2D eigenvalue weighted by molar-refractivity contribution is 0.168. The fourth-order valence-electron chi connectivity index (χ4n) is 2.32. The summed E-state index contributed by atoms with van der Waals surface area (Å²) in [6, 6.07) is 7.18. The van der Waals surface area contributed by atoms with Crippen LogP contribution in [0.3, 0.4) is 0 Å². The molecule has 2 rings (SSSR count). The van der Waals surface area contributed by atoms with Crippen molar-refractivity contribution in [3.05, 3.63) is 24.3 Å². The molecule has 1 aliphatic heterocycles. The summed E-state index contributed by atoms with van der Waals surface area (Å²) in [5.41, 5.74) is 6.33. The summed E-state index contributed by atoms with van der Waals surface area (Å²) in [6.07, 6.45) is 1.55. The van der Waals surface area contributed by atoms with E-state index in [1.165, 1.54) is 0 Å². The van der Waals surface area contributed by atoms with Gasteiger partial charge in [-0.2, -0.15) is 0 Å². The van der Waals surface area contributed by atoms with Crippen LogP contribution in [0, 0.1) is 5.41 Å². The number of hydrogen-bond acceptors (Lipinski definition) is 3. The fourth-order valence-corrected chi connectivity index (χ4v) is 2.32. The van der Waals surface area contributed by atoms with Gasteiger partial charge in [0.2, 0.25) is 0 Å². The first kappa shape index (κ1) is 12.2. The molecule has 0 amide bonds. The van der Waals surface area contributed by atoms with Crippen LogP contribution in [0.2, 0.25) is 0 Å². The molecule has 17 heavy (non-hydrogen) atoms. The third kappa shape index (κ3) is 2.52. The Bertz CT molecular complexity index is 369. The minimum absolute atomic E-state index is 0.267. The highest BCUT2D eigenvalue weighted by Crippen LogP contribution is 2.33. The lowest BCUT2D eigenvalue weighted by Crippen LogP contribution is -2.45. The Balaban J connectivity index is 2.04. The molecule has 0 radical (unpaired) electrons. The van der Waals surface area contributed by atoms with Crippen LogP contribution in [0.1, 0.15) is 12.8 Å². The van der Waals surface area contributed by atoms with Gasteiger partial charge in [-0.05, 0) is 25.0 Å². The molecule has 0 spiro atoms. The highest BCUT2D eigenvalue weighted by Gasteiger charge is 2.33. The van der Waals surface area contributed by atoms with Crippen molar-refractivity contribution in [2.45, 2.75) is 12.8 Å². The molecule has 0 unspecified atom stereocenters. The van der Waals surface area contributed by atoms with Crippen LogP contribution in [0.5, 0.6) is 5.75 Å². The van der Waals surface area contributed by atoms with Gasteiger partial charge in [0.05, 0.1) is 6.67 Å². The maximum atomic E-state index is 13.0. The van der Waals surface area contributed by atoms with Gasteiger partial charge in [-0.25, -0.2) is 0 Å². The Kier molecular flexibility index (Phi) is 3.52. The maximum Gasteiger partial charge on any atom is 0.117 e. The van der Waals surface area contributed by atoms with Crippen molar-refractivity contribution in [1.29, 1.82) is 0 Å². The van der Waals surface area contributed by atoms with Crippen LogP contribution < -0.4 is 10.6 Å². The summed E-state index contributed by atoms with van der Waals surface area (Å²) in [5, 5.41) is 9.43. The number of alkyl halides is 1. The van der Waals surface area contributed by atoms with Gasteiger partial charge in [-0.1, -0.05) is 6.07 Å². The second-order valence-corrected chi connectivity index (χ2v) is 4.84. The number of nitrogens with two attached hydrogens (primary N) is 1. The summed E-state index contributed by atoms with van der Waals surface area (Å²) < 4.78 is 13.0. The number of halogens is 1. The summed E-state index contributed by atoms with van der Waals surface area (Å²) in [6.45, 7) is 1.67. The standard InChI is InChI=1S/C13H19FN2O/c14-9-13(10-15)4-6-16(7-5-13)11-2-1-3-12(17)8-11/h1-3,8,17H,4-7,9-10,15H2. The molecular weight excluding hydrogens is 219 g/mol. The van der Waals surface area contributed by atoms with E-state index in [4.69, 9.17) is 5.73 Å². The molecule has 1 heterocycles. The Morgan fingerprint density at radius 1 is 1.35 bits per heavy atom. The Hall–Kier alpha value is -1.29. The largest absolute Gasteiger partial charge is 0.508 e. The third-order valence-electron chi connectivity index (χ3n) is 3.74. The fraction of sp³-hybridized carbons (Fsp3) is 0.538. The molecule has 1 aromatic carbocycles. The first-order valence-electron chi connectivity index (χ1n) is 5.99. The van der Waals surface area contributed by atoms with Gasteiger partial charge in [0, 0.05) is 36.8 Å². The molecule has 0 aliphatic carbocycles. The average molecular weight is 238 g/mol. The molecule has 0 saturated carbocycles. The minimum atomic E-state index is -0.336. The number of rotatable bonds is 3. The zero-order valence-corrected chi connectivity index (χ0v) is 9.90. The lowest BCUT2D eigenvalue weighted by atomic mass is 9.79. The van der Waals surface area contributed by atoms with Gasteiger partial charge in [-0.15, -0.1) is 0 Å². The third-order valence-corrected chi connectivity index (χ3v) is 3.74. The van der Waals surface area contributed by atoms with E-state index in [2.05, 4.69) is 4.90 Å². The number of benzene rings is 1. The number of aromatic hydroxyl groups is 1. The van der Waals surface area contributed by atoms with E-state index in [1.807, 2.05) is 12.1 Å². The maximum absolute atomic E-state index is 13.0. The number of hydrogen-bond donors (Lipinski definition) is 2. The highest BCUT2D eigenvalue weighted by molar-refractivity contribution is 5.50. The van der Waals surface area contributed by atoms with Crippen LogP contribution in [-0.2, 0) is 0 Å². The van der Waals surface area contributed by atoms with Crippen molar-refractivity contribution in [3.8, 4) is 5.75 Å². The van der Waals surface area contributed by atoms with E-state index >= 15 is 0 Å². The molecule has 0 atom stereocenters. The Morgan fingerprint density at radius 2 is 2.06 bits per heavy atom. The number of phenolic OH excluding ortho intramolecular Hbond substituents is 1. The smallest absolute Gasteiger partial charge is 0.117 e. The van der Waals surface area contributed by atoms with Gasteiger partial charge in [0.15, 0.2) is 0 Å². The van der Waals surface area contributed by atoms with E-state index in [1.54, 1.807) is 12.1 Å². The van der Waals surface area contributed by atoms with E-state index in [-0.39, 0.29) is 17.8 Å². The Labute approximate surface area is 101 Å². The molecule has 3 N–H and O–H groups in total. The first-order chi connectivity index (χ1) is 8.19. The van der Waals surface area contributed by atoms with Crippen LogP contribution in [-0.4, -0.2) is 31.4 Å². The van der Waals surface area contributed by atoms with E-state index in [0.717, 1.165) is 31.6 Å². The Morgan fingerprint density at radius 3 is 2.59 bits per heavy atom. The molecule has 3 nitrogen and oxygen atoms in total. The zero-order chi connectivity index (χ0) is 12.3. The second-order valence-electron chi connectivity index (χ2n) is 4.84. The van der Waals surface area contributed by atoms with E-state index < -0.39 is 0 Å². The summed E-state index contributed by atoms with van der Waals surface area (Å²) in [7, 11) is 0. The monoisotopic (exact) mass is 238 g/mol. The topological polar surface area (TPSA) is 49.5 Å². The summed E-state index contributed by atoms with van der Waals surface area (Å²) in [4.78, 5) is 2.17. The molecule has 0 bridgehead atoms. The number of piperidine rings is 1. The van der Waals surface area contributed by atoms with Crippen LogP contribution in [0.4, 0.5) is 10.1 Å². The summed E-state index contributed by atoms with van der Waals surface area (Å²) >= 11 is 0. The normalized spacial score (nSPS) is 19.3. The van der Waals surface area contributed by atoms with Gasteiger partial charge < -0.3 is 15.7 Å².